The molecule has 104 valence electrons. The Morgan fingerprint density at radius 2 is 1.90 bits per heavy atom. The molecule has 0 spiro atoms. The number of urea groups is 1. The van der Waals surface area contributed by atoms with E-state index in [0.717, 1.165) is 28.2 Å². The number of hydrogen-bond acceptors (Lipinski definition) is 1. The lowest BCUT2D eigenvalue weighted by atomic mass is 10.2. The highest BCUT2D eigenvalue weighted by molar-refractivity contribution is 9.10. The van der Waals surface area contributed by atoms with Crippen molar-refractivity contribution in [3.8, 4) is 0 Å². The van der Waals surface area contributed by atoms with E-state index in [4.69, 9.17) is 0 Å². The highest BCUT2D eigenvalue weighted by atomic mass is 79.9. The molecule has 0 aromatic heterocycles. The predicted molar refractivity (Wildman–Crippen MR) is 76.4 cm³/mol. The summed E-state index contributed by atoms with van der Waals surface area (Å²) in [6, 6.07) is 9.65. The van der Waals surface area contributed by atoms with Crippen molar-refractivity contribution in [3.63, 3.8) is 0 Å². The number of carbonyl (C=O) groups excluding carboxylic acids is 1. The highest BCUT2D eigenvalue weighted by Crippen LogP contribution is 2.16. The molecular formula is C14H11BrF2N2O. The minimum absolute atomic E-state index is 0.199. The van der Waals surface area contributed by atoms with Crippen LogP contribution in [0.2, 0.25) is 0 Å². The molecule has 20 heavy (non-hydrogen) atoms. The minimum Gasteiger partial charge on any atom is -0.334 e. The summed E-state index contributed by atoms with van der Waals surface area (Å²) in [5, 5.41) is 4.83. The van der Waals surface area contributed by atoms with E-state index in [0.29, 0.717) is 0 Å². The van der Waals surface area contributed by atoms with Gasteiger partial charge >= 0.3 is 6.03 Å². The van der Waals surface area contributed by atoms with Gasteiger partial charge < -0.3 is 10.6 Å². The lowest BCUT2D eigenvalue weighted by Crippen LogP contribution is -2.28. The maximum Gasteiger partial charge on any atom is 0.319 e. The van der Waals surface area contributed by atoms with Gasteiger partial charge in [-0.05, 0) is 23.8 Å². The average Bonchev–Trinajstić information content (AvgIpc) is 2.42. The Bertz CT molecular complexity index is 634. The summed E-state index contributed by atoms with van der Waals surface area (Å²) in [6.45, 7) is 0.268. The number of amides is 2. The smallest absolute Gasteiger partial charge is 0.319 e. The first kappa shape index (κ1) is 14.5. The molecule has 2 N–H and O–H groups in total. The van der Waals surface area contributed by atoms with Crippen molar-refractivity contribution in [2.75, 3.05) is 5.32 Å². The van der Waals surface area contributed by atoms with Crippen LogP contribution in [0.25, 0.3) is 0 Å². The van der Waals surface area contributed by atoms with Crippen molar-refractivity contribution < 1.29 is 13.6 Å². The van der Waals surface area contributed by atoms with Crippen molar-refractivity contribution in [2.24, 2.45) is 0 Å². The number of benzene rings is 2. The molecule has 0 unspecified atom stereocenters. The molecule has 6 heteroatoms. The molecule has 0 heterocycles. The van der Waals surface area contributed by atoms with Crippen LogP contribution in [0, 0.1) is 11.6 Å². The van der Waals surface area contributed by atoms with Gasteiger partial charge in [0.15, 0.2) is 0 Å². The number of rotatable bonds is 3. The van der Waals surface area contributed by atoms with E-state index >= 15 is 0 Å². The topological polar surface area (TPSA) is 41.1 Å². The van der Waals surface area contributed by atoms with Gasteiger partial charge in [-0.15, -0.1) is 0 Å². The third-order valence-electron chi connectivity index (χ3n) is 2.57. The molecule has 0 aliphatic carbocycles. The van der Waals surface area contributed by atoms with Gasteiger partial charge in [0.1, 0.15) is 11.6 Å². The van der Waals surface area contributed by atoms with Crippen molar-refractivity contribution >= 4 is 27.6 Å². The molecule has 0 saturated heterocycles. The van der Waals surface area contributed by atoms with E-state index in [1.54, 1.807) is 0 Å². The lowest BCUT2D eigenvalue weighted by molar-refractivity contribution is 0.251. The predicted octanol–water partition coefficient (Wildman–Crippen LogP) is 4.05. The summed E-state index contributed by atoms with van der Waals surface area (Å²) in [6.07, 6.45) is 0. The summed E-state index contributed by atoms with van der Waals surface area (Å²) in [5.74, 6) is -1.31. The van der Waals surface area contributed by atoms with Crippen LogP contribution < -0.4 is 10.6 Å². The molecule has 0 saturated carbocycles. The van der Waals surface area contributed by atoms with Crippen molar-refractivity contribution in [3.05, 3.63) is 64.1 Å². The highest BCUT2D eigenvalue weighted by Gasteiger charge is 2.08. The molecule has 0 atom stereocenters. The third kappa shape index (κ3) is 3.77. The molecule has 0 bridgehead atoms. The van der Waals surface area contributed by atoms with Crippen molar-refractivity contribution in [2.45, 2.75) is 6.54 Å². The van der Waals surface area contributed by atoms with Gasteiger partial charge in [-0.25, -0.2) is 13.6 Å². The molecule has 0 aliphatic heterocycles. The SMILES string of the molecule is O=C(NCc1ccccc1Br)Nc1cc(F)ccc1F. The normalized spacial score (nSPS) is 10.2. The molecule has 3 nitrogen and oxygen atoms in total. The van der Waals surface area contributed by atoms with E-state index in [2.05, 4.69) is 26.6 Å². The summed E-state index contributed by atoms with van der Waals surface area (Å²) in [7, 11) is 0. The van der Waals surface area contributed by atoms with Crippen LogP contribution in [0.4, 0.5) is 19.3 Å². The number of nitrogens with one attached hydrogen (secondary N) is 2. The van der Waals surface area contributed by atoms with E-state index < -0.39 is 17.7 Å². The Morgan fingerprint density at radius 1 is 1.15 bits per heavy atom. The fourth-order valence-corrected chi connectivity index (χ4v) is 2.00. The lowest BCUT2D eigenvalue weighted by Gasteiger charge is -2.09. The molecule has 2 aromatic rings. The zero-order chi connectivity index (χ0) is 14.5. The van der Waals surface area contributed by atoms with E-state index in [-0.39, 0.29) is 12.2 Å². The summed E-state index contributed by atoms with van der Waals surface area (Å²) in [5.41, 5.74) is 0.678. The van der Waals surface area contributed by atoms with Gasteiger partial charge in [-0.3, -0.25) is 0 Å². The molecule has 2 rings (SSSR count). The van der Waals surface area contributed by atoms with Gasteiger partial charge in [-0.2, -0.15) is 0 Å². The van der Waals surface area contributed by atoms with Gasteiger partial charge in [0.25, 0.3) is 0 Å². The molecule has 0 fully saturated rings. The average molecular weight is 341 g/mol. The van der Waals surface area contributed by atoms with Crippen LogP contribution in [0.5, 0.6) is 0 Å². The Kier molecular flexibility index (Phi) is 4.68. The molecule has 0 aliphatic rings. The van der Waals surface area contributed by atoms with Gasteiger partial charge in [0.05, 0.1) is 5.69 Å². The van der Waals surface area contributed by atoms with Crippen LogP contribution in [-0.2, 0) is 6.54 Å². The van der Waals surface area contributed by atoms with Crippen LogP contribution in [-0.4, -0.2) is 6.03 Å². The minimum atomic E-state index is -0.692. The van der Waals surface area contributed by atoms with E-state index in [1.165, 1.54) is 0 Å². The van der Waals surface area contributed by atoms with E-state index in [9.17, 15) is 13.6 Å². The van der Waals surface area contributed by atoms with Gasteiger partial charge in [0, 0.05) is 17.1 Å². The first-order chi connectivity index (χ1) is 9.56. The maximum absolute atomic E-state index is 13.3. The second kappa shape index (κ2) is 6.47. The summed E-state index contributed by atoms with van der Waals surface area (Å²) < 4.78 is 27.2. The molecular weight excluding hydrogens is 330 g/mol. The standard InChI is InChI=1S/C14H11BrF2N2O/c15-11-4-2-1-3-9(11)8-18-14(20)19-13-7-10(16)5-6-12(13)17/h1-7H,8H2,(H2,18,19,20). The Hall–Kier alpha value is -1.95. The number of anilines is 1. The van der Waals surface area contributed by atoms with E-state index in [1.807, 2.05) is 24.3 Å². The fourth-order valence-electron chi connectivity index (χ4n) is 1.58. The third-order valence-corrected chi connectivity index (χ3v) is 3.35. The van der Waals surface area contributed by atoms with Crippen LogP contribution in [0.3, 0.4) is 0 Å². The summed E-state index contributed by atoms with van der Waals surface area (Å²) in [4.78, 5) is 11.6. The van der Waals surface area contributed by atoms with Crippen molar-refractivity contribution in [1.29, 1.82) is 0 Å². The largest absolute Gasteiger partial charge is 0.334 e. The number of hydrogen-bond donors (Lipinski definition) is 2. The summed E-state index contributed by atoms with van der Waals surface area (Å²) >= 11 is 3.35. The second-order valence-electron chi connectivity index (χ2n) is 4.02. The first-order valence-corrected chi connectivity index (χ1v) is 6.59. The Morgan fingerprint density at radius 3 is 2.65 bits per heavy atom. The zero-order valence-corrected chi connectivity index (χ0v) is 11.9. The van der Waals surface area contributed by atoms with Crippen molar-refractivity contribution in [1.82, 2.24) is 5.32 Å². The fraction of sp³-hybridized carbons (Fsp3) is 0.0714. The van der Waals surface area contributed by atoms with Crippen LogP contribution >= 0.6 is 15.9 Å². The zero-order valence-electron chi connectivity index (χ0n) is 10.3. The maximum atomic E-state index is 13.3. The van der Waals surface area contributed by atoms with Crippen LogP contribution in [0.1, 0.15) is 5.56 Å². The number of halogens is 3. The quantitative estimate of drug-likeness (QED) is 0.869. The molecule has 2 aromatic carbocycles. The monoisotopic (exact) mass is 340 g/mol. The first-order valence-electron chi connectivity index (χ1n) is 5.79. The molecule has 2 amide bonds. The number of carbonyl (C=O) groups is 1. The second-order valence-corrected chi connectivity index (χ2v) is 4.88. The van der Waals surface area contributed by atoms with Gasteiger partial charge in [0.2, 0.25) is 0 Å². The van der Waals surface area contributed by atoms with Crippen LogP contribution in [0.15, 0.2) is 46.9 Å². The Labute approximate surface area is 123 Å². The Balaban J connectivity index is 1.96. The molecule has 0 radical (unpaired) electrons. The van der Waals surface area contributed by atoms with Gasteiger partial charge in [-0.1, -0.05) is 34.1 Å².